The normalized spacial score (nSPS) is 14.3. The lowest BCUT2D eigenvalue weighted by Crippen LogP contribution is -2.52. The van der Waals surface area contributed by atoms with Crippen molar-refractivity contribution in [1.29, 1.82) is 0 Å². The predicted molar refractivity (Wildman–Crippen MR) is 154 cm³/mol. The van der Waals surface area contributed by atoms with Crippen molar-refractivity contribution in [3.63, 3.8) is 0 Å². The summed E-state index contributed by atoms with van der Waals surface area (Å²) in [6.07, 6.45) is 4.71. The van der Waals surface area contributed by atoms with Crippen LogP contribution in [0.25, 0.3) is 0 Å². The second-order valence-electron chi connectivity index (χ2n) is 9.43. The fraction of sp³-hybridized carbons (Fsp3) is 0.333. The average molecular weight is 556 g/mol. The highest BCUT2D eigenvalue weighted by atomic mass is 35.5. The van der Waals surface area contributed by atoms with E-state index in [9.17, 15) is 9.59 Å². The highest BCUT2D eigenvalue weighted by molar-refractivity contribution is 7.99. The molecule has 1 atom stereocenters. The maximum Gasteiger partial charge on any atom is 0.243 e. The molecule has 1 N–H and O–H groups in total. The van der Waals surface area contributed by atoms with Gasteiger partial charge in [-0.15, -0.1) is 11.8 Å². The number of thioether (sulfide) groups is 1. The van der Waals surface area contributed by atoms with Crippen molar-refractivity contribution in [3.8, 4) is 0 Å². The van der Waals surface area contributed by atoms with E-state index in [0.717, 1.165) is 42.4 Å². The Morgan fingerprint density at radius 1 is 0.919 bits per heavy atom. The Morgan fingerprint density at radius 3 is 2.22 bits per heavy atom. The largest absolute Gasteiger partial charge is 0.352 e. The van der Waals surface area contributed by atoms with Crippen LogP contribution in [0.1, 0.15) is 42.4 Å². The zero-order valence-corrected chi connectivity index (χ0v) is 23.1. The minimum atomic E-state index is -0.601. The Labute approximate surface area is 233 Å². The molecule has 0 saturated heterocycles. The fourth-order valence-electron chi connectivity index (χ4n) is 4.67. The zero-order chi connectivity index (χ0) is 26.0. The van der Waals surface area contributed by atoms with Crippen molar-refractivity contribution in [2.75, 3.05) is 5.75 Å². The third kappa shape index (κ3) is 8.26. The van der Waals surface area contributed by atoms with E-state index in [0.29, 0.717) is 28.8 Å². The number of carbonyl (C=O) groups excluding carboxylic acids is 2. The first-order valence-electron chi connectivity index (χ1n) is 12.7. The van der Waals surface area contributed by atoms with E-state index < -0.39 is 6.04 Å². The van der Waals surface area contributed by atoms with Crippen LogP contribution in [0.5, 0.6) is 0 Å². The van der Waals surface area contributed by atoms with Crippen LogP contribution < -0.4 is 5.32 Å². The van der Waals surface area contributed by atoms with E-state index in [1.807, 2.05) is 66.7 Å². The van der Waals surface area contributed by atoms with Gasteiger partial charge in [-0.1, -0.05) is 103 Å². The lowest BCUT2D eigenvalue weighted by Gasteiger charge is -2.32. The summed E-state index contributed by atoms with van der Waals surface area (Å²) in [6, 6.07) is 24.8. The van der Waals surface area contributed by atoms with Crippen LogP contribution in [0, 0.1) is 0 Å². The van der Waals surface area contributed by atoms with Gasteiger partial charge in [0.1, 0.15) is 6.04 Å². The van der Waals surface area contributed by atoms with Crippen molar-refractivity contribution in [2.24, 2.45) is 0 Å². The molecule has 3 aromatic carbocycles. The quantitative estimate of drug-likeness (QED) is 0.279. The summed E-state index contributed by atoms with van der Waals surface area (Å²) in [4.78, 5) is 29.1. The molecule has 0 heterocycles. The fourth-order valence-corrected chi connectivity index (χ4v) is 6.14. The molecule has 0 radical (unpaired) electrons. The van der Waals surface area contributed by atoms with E-state index in [2.05, 4.69) is 5.32 Å². The molecule has 4 rings (SSSR count). The van der Waals surface area contributed by atoms with Gasteiger partial charge in [0.2, 0.25) is 11.8 Å². The van der Waals surface area contributed by atoms with Gasteiger partial charge in [0, 0.05) is 34.8 Å². The van der Waals surface area contributed by atoms with Crippen molar-refractivity contribution in [2.45, 2.75) is 56.5 Å². The topological polar surface area (TPSA) is 49.4 Å². The van der Waals surface area contributed by atoms with Gasteiger partial charge >= 0.3 is 0 Å². The standard InChI is InChI=1S/C30H32Cl2N2O2S/c31-25-16-15-24(27(32)18-25)20-37-21-29(35)34(19-23-11-5-2-6-12-23)28(17-22-9-3-1-4-10-22)30(36)33-26-13-7-8-14-26/h1-6,9-12,15-16,18,26,28H,7-8,13-14,17,19-21H2,(H,33,36)/t28-/m0/s1. The number of nitrogens with zero attached hydrogens (tertiary/aromatic N) is 1. The van der Waals surface area contributed by atoms with E-state index in [1.165, 1.54) is 11.8 Å². The van der Waals surface area contributed by atoms with Gasteiger partial charge in [0.15, 0.2) is 0 Å². The minimum absolute atomic E-state index is 0.0681. The molecule has 2 amide bonds. The number of hydrogen-bond donors (Lipinski definition) is 1. The first kappa shape index (κ1) is 27.6. The molecule has 37 heavy (non-hydrogen) atoms. The van der Waals surface area contributed by atoms with Crippen molar-refractivity contribution >= 4 is 46.8 Å². The molecular weight excluding hydrogens is 523 g/mol. The van der Waals surface area contributed by atoms with Crippen molar-refractivity contribution in [1.82, 2.24) is 10.2 Å². The molecule has 0 aliphatic heterocycles. The number of hydrogen-bond acceptors (Lipinski definition) is 3. The van der Waals surface area contributed by atoms with Gasteiger partial charge in [0.25, 0.3) is 0 Å². The highest BCUT2D eigenvalue weighted by Gasteiger charge is 2.32. The third-order valence-corrected chi connectivity index (χ3v) is 8.22. The molecule has 3 aromatic rings. The Hall–Kier alpha value is -2.47. The van der Waals surface area contributed by atoms with Gasteiger partial charge in [-0.3, -0.25) is 9.59 Å². The Balaban J connectivity index is 1.54. The second-order valence-corrected chi connectivity index (χ2v) is 11.3. The monoisotopic (exact) mass is 554 g/mol. The second kappa shape index (κ2) is 13.9. The number of halogens is 2. The zero-order valence-electron chi connectivity index (χ0n) is 20.7. The predicted octanol–water partition coefficient (Wildman–Crippen LogP) is 6.93. The van der Waals surface area contributed by atoms with E-state index in [-0.39, 0.29) is 23.6 Å². The van der Waals surface area contributed by atoms with Gasteiger partial charge in [-0.2, -0.15) is 0 Å². The summed E-state index contributed by atoms with van der Waals surface area (Å²) < 4.78 is 0. The molecule has 0 bridgehead atoms. The van der Waals surface area contributed by atoms with Crippen LogP contribution in [0.2, 0.25) is 10.0 Å². The molecule has 1 aliphatic carbocycles. The van der Waals surface area contributed by atoms with Crippen LogP contribution in [-0.2, 0) is 28.3 Å². The molecule has 4 nitrogen and oxygen atoms in total. The maximum absolute atomic E-state index is 13.7. The van der Waals surface area contributed by atoms with Crippen LogP contribution in [0.4, 0.5) is 0 Å². The molecule has 0 unspecified atom stereocenters. The summed E-state index contributed by atoms with van der Waals surface area (Å²) in [5.74, 6) is 0.680. The first-order chi connectivity index (χ1) is 18.0. The number of rotatable bonds is 11. The van der Waals surface area contributed by atoms with Crippen LogP contribution in [-0.4, -0.2) is 34.6 Å². The van der Waals surface area contributed by atoms with Crippen molar-refractivity contribution < 1.29 is 9.59 Å². The minimum Gasteiger partial charge on any atom is -0.352 e. The highest BCUT2D eigenvalue weighted by Crippen LogP contribution is 2.26. The summed E-state index contributed by atoms with van der Waals surface area (Å²) in [6.45, 7) is 0.373. The van der Waals surface area contributed by atoms with Crippen molar-refractivity contribution in [3.05, 3.63) is 106 Å². The van der Waals surface area contributed by atoms with E-state index in [4.69, 9.17) is 23.2 Å². The van der Waals surface area contributed by atoms with Gasteiger partial charge in [0.05, 0.1) is 5.75 Å². The maximum atomic E-state index is 13.7. The third-order valence-electron chi connectivity index (χ3n) is 6.67. The van der Waals surface area contributed by atoms with Gasteiger partial charge in [-0.05, 0) is 41.7 Å². The summed E-state index contributed by atoms with van der Waals surface area (Å²) in [5, 5.41) is 4.42. The lowest BCUT2D eigenvalue weighted by molar-refractivity contribution is -0.139. The molecular formula is C30H32Cl2N2O2S. The molecule has 1 aliphatic rings. The molecule has 0 aromatic heterocycles. The molecule has 0 spiro atoms. The van der Waals surface area contributed by atoms with E-state index >= 15 is 0 Å². The van der Waals surface area contributed by atoms with Gasteiger partial charge < -0.3 is 10.2 Å². The van der Waals surface area contributed by atoms with Gasteiger partial charge in [-0.25, -0.2) is 0 Å². The summed E-state index contributed by atoms with van der Waals surface area (Å²) >= 11 is 13.8. The summed E-state index contributed by atoms with van der Waals surface area (Å²) in [7, 11) is 0. The molecule has 7 heteroatoms. The number of carbonyl (C=O) groups is 2. The lowest BCUT2D eigenvalue weighted by atomic mass is 10.0. The summed E-state index contributed by atoms with van der Waals surface area (Å²) in [5.41, 5.74) is 2.95. The molecule has 1 saturated carbocycles. The Kier molecular flexibility index (Phi) is 10.4. The SMILES string of the molecule is O=C(NC1CCCC1)[C@H](Cc1ccccc1)N(Cc1ccccc1)C(=O)CSCc1ccc(Cl)cc1Cl. The van der Waals surface area contributed by atoms with Crippen LogP contribution in [0.15, 0.2) is 78.9 Å². The average Bonchev–Trinajstić information content (AvgIpc) is 3.41. The first-order valence-corrected chi connectivity index (χ1v) is 14.6. The number of amides is 2. The number of benzene rings is 3. The number of nitrogens with one attached hydrogen (secondary N) is 1. The molecule has 1 fully saturated rings. The molecule has 194 valence electrons. The van der Waals surface area contributed by atoms with Crippen LogP contribution in [0.3, 0.4) is 0 Å². The van der Waals surface area contributed by atoms with E-state index in [1.54, 1.807) is 17.0 Å². The Morgan fingerprint density at radius 2 is 1.57 bits per heavy atom. The Bertz CT molecular complexity index is 1170. The van der Waals surface area contributed by atoms with Crippen LogP contribution >= 0.6 is 35.0 Å². The smallest absolute Gasteiger partial charge is 0.243 e.